The summed E-state index contributed by atoms with van der Waals surface area (Å²) in [5.41, 5.74) is 2.85. The van der Waals surface area contributed by atoms with Crippen LogP contribution in [-0.4, -0.2) is 67.9 Å². The quantitative estimate of drug-likeness (QED) is 0.654. The highest BCUT2D eigenvalue weighted by Gasteiger charge is 2.27. The molecule has 1 aromatic carbocycles. The van der Waals surface area contributed by atoms with E-state index in [4.69, 9.17) is 0 Å². The molecule has 1 saturated carbocycles. The van der Waals surface area contributed by atoms with E-state index in [0.29, 0.717) is 19.5 Å². The maximum atomic E-state index is 12.3. The summed E-state index contributed by atoms with van der Waals surface area (Å²) in [5.74, 6) is -0.211. The van der Waals surface area contributed by atoms with E-state index in [9.17, 15) is 18.0 Å². The lowest BCUT2D eigenvalue weighted by Crippen LogP contribution is -2.41. The lowest BCUT2D eigenvalue weighted by atomic mass is 9.99. The predicted octanol–water partition coefficient (Wildman–Crippen LogP) is 0.543. The van der Waals surface area contributed by atoms with Gasteiger partial charge in [0.25, 0.3) is 0 Å². The zero-order chi connectivity index (χ0) is 20.3. The van der Waals surface area contributed by atoms with Crippen molar-refractivity contribution in [1.29, 1.82) is 0 Å². The molecule has 1 aromatic rings. The summed E-state index contributed by atoms with van der Waals surface area (Å²) in [5, 5.41) is 6.02. The van der Waals surface area contributed by atoms with Crippen molar-refractivity contribution in [3.05, 3.63) is 29.3 Å². The number of nitrogens with one attached hydrogen (secondary N) is 2. The second-order valence-corrected chi connectivity index (χ2v) is 9.63. The first-order valence-corrected chi connectivity index (χ1v) is 11.3. The SMILES string of the molecule is CCS(=O)(=O)N1CCc2c(cccc2NCC(=O)N(C)CC(=O)NC2CC2)C1. The topological polar surface area (TPSA) is 98.8 Å². The Bertz CT molecular complexity index is 851. The number of sulfonamides is 1. The van der Waals surface area contributed by atoms with E-state index in [1.807, 2.05) is 18.2 Å². The molecule has 154 valence electrons. The van der Waals surface area contributed by atoms with Crippen LogP contribution in [0.2, 0.25) is 0 Å². The predicted molar refractivity (Wildman–Crippen MR) is 107 cm³/mol. The van der Waals surface area contributed by atoms with Crippen LogP contribution in [0.15, 0.2) is 18.2 Å². The Labute approximate surface area is 166 Å². The first-order valence-electron chi connectivity index (χ1n) is 9.66. The number of amides is 2. The van der Waals surface area contributed by atoms with Gasteiger partial charge in [0, 0.05) is 31.9 Å². The maximum Gasteiger partial charge on any atom is 0.242 e. The van der Waals surface area contributed by atoms with Gasteiger partial charge in [0.15, 0.2) is 0 Å². The number of anilines is 1. The van der Waals surface area contributed by atoms with E-state index >= 15 is 0 Å². The van der Waals surface area contributed by atoms with Gasteiger partial charge in [-0.1, -0.05) is 12.1 Å². The van der Waals surface area contributed by atoms with Crippen molar-refractivity contribution in [2.45, 2.75) is 38.8 Å². The molecule has 1 heterocycles. The summed E-state index contributed by atoms with van der Waals surface area (Å²) in [6, 6.07) is 5.96. The highest BCUT2D eigenvalue weighted by molar-refractivity contribution is 7.89. The number of rotatable bonds is 8. The van der Waals surface area contributed by atoms with Crippen molar-refractivity contribution < 1.29 is 18.0 Å². The van der Waals surface area contributed by atoms with Crippen LogP contribution in [0.25, 0.3) is 0 Å². The Morgan fingerprint density at radius 2 is 2.04 bits per heavy atom. The summed E-state index contributed by atoms with van der Waals surface area (Å²) >= 11 is 0. The molecule has 0 aromatic heterocycles. The first kappa shape index (κ1) is 20.6. The van der Waals surface area contributed by atoms with Crippen LogP contribution in [0.3, 0.4) is 0 Å². The monoisotopic (exact) mass is 408 g/mol. The van der Waals surface area contributed by atoms with E-state index in [1.54, 1.807) is 14.0 Å². The van der Waals surface area contributed by atoms with E-state index in [2.05, 4.69) is 10.6 Å². The minimum Gasteiger partial charge on any atom is -0.376 e. The number of nitrogens with zero attached hydrogens (tertiary/aromatic N) is 2. The largest absolute Gasteiger partial charge is 0.376 e. The van der Waals surface area contributed by atoms with Crippen LogP contribution in [0.5, 0.6) is 0 Å². The number of benzene rings is 1. The molecule has 3 rings (SSSR count). The summed E-state index contributed by atoms with van der Waals surface area (Å²) in [7, 11) is -1.60. The van der Waals surface area contributed by atoms with Gasteiger partial charge in [0.05, 0.1) is 18.8 Å². The number of likely N-dealkylation sites (N-methyl/N-ethyl adjacent to an activating group) is 1. The van der Waals surface area contributed by atoms with Crippen LogP contribution in [0.1, 0.15) is 30.9 Å². The van der Waals surface area contributed by atoms with Gasteiger partial charge in [-0.05, 0) is 43.4 Å². The van der Waals surface area contributed by atoms with Crippen LogP contribution in [0.4, 0.5) is 5.69 Å². The molecule has 0 unspecified atom stereocenters. The fourth-order valence-corrected chi connectivity index (χ4v) is 4.35. The Balaban J connectivity index is 1.57. The molecule has 0 atom stereocenters. The number of hydrogen-bond donors (Lipinski definition) is 2. The molecular formula is C19H28N4O4S. The molecule has 0 spiro atoms. The molecule has 2 aliphatic rings. The number of carbonyl (C=O) groups is 2. The van der Waals surface area contributed by atoms with Crippen LogP contribution < -0.4 is 10.6 Å². The molecule has 0 saturated heterocycles. The smallest absolute Gasteiger partial charge is 0.242 e. The molecule has 1 aliphatic heterocycles. The Kier molecular flexibility index (Phi) is 6.24. The fourth-order valence-electron chi connectivity index (χ4n) is 3.28. The lowest BCUT2D eigenvalue weighted by molar-refractivity contribution is -0.133. The van der Waals surface area contributed by atoms with Crippen LogP contribution in [0, 0.1) is 0 Å². The maximum absolute atomic E-state index is 12.3. The molecule has 28 heavy (non-hydrogen) atoms. The van der Waals surface area contributed by atoms with Gasteiger partial charge in [0.1, 0.15) is 0 Å². The van der Waals surface area contributed by atoms with Crippen molar-refractivity contribution in [3.63, 3.8) is 0 Å². The summed E-state index contributed by atoms with van der Waals surface area (Å²) < 4.78 is 25.8. The summed E-state index contributed by atoms with van der Waals surface area (Å²) in [6.07, 6.45) is 2.63. The third-order valence-electron chi connectivity index (χ3n) is 5.17. The van der Waals surface area contributed by atoms with Crippen molar-refractivity contribution in [2.24, 2.45) is 0 Å². The van der Waals surface area contributed by atoms with E-state index in [1.165, 1.54) is 9.21 Å². The van der Waals surface area contributed by atoms with Crippen molar-refractivity contribution in [2.75, 3.05) is 37.8 Å². The second-order valence-electron chi connectivity index (χ2n) is 7.37. The molecule has 0 radical (unpaired) electrons. The van der Waals surface area contributed by atoms with E-state index in [-0.39, 0.29) is 36.7 Å². The normalized spacial score (nSPS) is 16.9. The zero-order valence-electron chi connectivity index (χ0n) is 16.4. The molecular weight excluding hydrogens is 380 g/mol. The van der Waals surface area contributed by atoms with Gasteiger partial charge < -0.3 is 15.5 Å². The van der Waals surface area contributed by atoms with Crippen molar-refractivity contribution in [3.8, 4) is 0 Å². The van der Waals surface area contributed by atoms with E-state index in [0.717, 1.165) is 29.7 Å². The highest BCUT2D eigenvalue weighted by Crippen LogP contribution is 2.27. The number of hydrogen-bond acceptors (Lipinski definition) is 5. The van der Waals surface area contributed by atoms with Gasteiger partial charge >= 0.3 is 0 Å². The zero-order valence-corrected chi connectivity index (χ0v) is 17.2. The third-order valence-corrected chi connectivity index (χ3v) is 7.00. The molecule has 1 fully saturated rings. The fraction of sp³-hybridized carbons (Fsp3) is 0.579. The van der Waals surface area contributed by atoms with Gasteiger partial charge in [-0.2, -0.15) is 4.31 Å². The number of fused-ring (bicyclic) bond motifs is 1. The standard InChI is InChI=1S/C19H28N4O4S/c1-3-28(26,27)23-10-9-16-14(12-23)5-4-6-17(16)20-11-19(25)22(2)13-18(24)21-15-7-8-15/h4-6,15,20H,3,7-13H2,1-2H3,(H,21,24). The van der Waals surface area contributed by atoms with Crippen molar-refractivity contribution in [1.82, 2.24) is 14.5 Å². The molecule has 2 amide bonds. The average Bonchev–Trinajstić information content (AvgIpc) is 3.49. The van der Waals surface area contributed by atoms with Gasteiger partial charge in [0.2, 0.25) is 21.8 Å². The van der Waals surface area contributed by atoms with Crippen LogP contribution in [-0.2, 0) is 32.6 Å². The van der Waals surface area contributed by atoms with Gasteiger partial charge in [-0.15, -0.1) is 0 Å². The molecule has 0 bridgehead atoms. The lowest BCUT2D eigenvalue weighted by Gasteiger charge is -2.29. The minimum absolute atomic E-state index is 0.0494. The molecule has 1 aliphatic carbocycles. The summed E-state index contributed by atoms with van der Waals surface area (Å²) in [6.45, 7) is 2.58. The highest BCUT2D eigenvalue weighted by atomic mass is 32.2. The number of carbonyl (C=O) groups excluding carboxylic acids is 2. The first-order chi connectivity index (χ1) is 13.3. The Morgan fingerprint density at radius 3 is 2.71 bits per heavy atom. The molecule has 2 N–H and O–H groups in total. The molecule has 8 nitrogen and oxygen atoms in total. The average molecular weight is 409 g/mol. The van der Waals surface area contributed by atoms with Crippen molar-refractivity contribution >= 4 is 27.5 Å². The van der Waals surface area contributed by atoms with E-state index < -0.39 is 10.0 Å². The minimum atomic E-state index is -3.22. The second kappa shape index (κ2) is 8.48. The summed E-state index contributed by atoms with van der Waals surface area (Å²) in [4.78, 5) is 25.6. The Morgan fingerprint density at radius 1 is 1.29 bits per heavy atom. The van der Waals surface area contributed by atoms with Crippen LogP contribution >= 0.6 is 0 Å². The van der Waals surface area contributed by atoms with Gasteiger partial charge in [-0.25, -0.2) is 8.42 Å². The van der Waals surface area contributed by atoms with Gasteiger partial charge in [-0.3, -0.25) is 9.59 Å². The Hall–Kier alpha value is -2.13. The third kappa shape index (κ3) is 5.02. The molecule has 9 heteroatoms.